The number of hydrogen-bond donors (Lipinski definition) is 1. The van der Waals surface area contributed by atoms with E-state index < -0.39 is 16.6 Å². The molecule has 1 N–H and O–H groups in total. The average Bonchev–Trinajstić information content (AvgIpc) is 2.95. The molecule has 8 nitrogen and oxygen atoms in total. The molecule has 0 unspecified atom stereocenters. The zero-order valence-electron chi connectivity index (χ0n) is 16.7. The highest BCUT2D eigenvalue weighted by Crippen LogP contribution is 2.68. The van der Waals surface area contributed by atoms with Gasteiger partial charge in [-0.25, -0.2) is 14.8 Å². The average molecular weight is 439 g/mol. The maximum atomic E-state index is 11.9. The van der Waals surface area contributed by atoms with Crippen LogP contribution in [0, 0.1) is 11.3 Å². The van der Waals surface area contributed by atoms with Gasteiger partial charge < -0.3 is 9.47 Å². The third-order valence-electron chi connectivity index (χ3n) is 5.39. The molecule has 0 bridgehead atoms. The van der Waals surface area contributed by atoms with Crippen LogP contribution in [0.2, 0.25) is 0 Å². The van der Waals surface area contributed by atoms with Crippen LogP contribution in [0.3, 0.4) is 0 Å². The van der Waals surface area contributed by atoms with E-state index in [4.69, 9.17) is 21.1 Å². The minimum Gasteiger partial charge on any atom is -0.469 e. The first-order chi connectivity index (χ1) is 13.5. The first kappa shape index (κ1) is 20.3. The smallest absolute Gasteiger partial charge is 0.413 e. The minimum absolute atomic E-state index is 0.0160. The zero-order valence-corrected chi connectivity index (χ0v) is 18.3. The zero-order chi connectivity index (χ0) is 21.0. The molecule has 0 atom stereocenters. The standard InChI is InChI=1S/C19H23ClN4O4S/c1-17(2,3)28-16(26)24-15-23-12-13(29-15)22-11(7-21-12)19(20)8-18(9-19)5-10(6-18)14(25)27-4/h7,10H,5-6,8-9H2,1-4H3,(H,21,23,24,26). The summed E-state index contributed by atoms with van der Waals surface area (Å²) in [6.07, 6.45) is 4.23. The van der Waals surface area contributed by atoms with Gasteiger partial charge in [-0.15, -0.1) is 11.6 Å². The molecule has 2 aliphatic rings. The molecule has 156 valence electrons. The SMILES string of the molecule is COC(=O)C1CC2(C1)CC(Cl)(c1cnc3nc(NC(=O)OC(C)(C)C)sc3n1)C2. The molecule has 10 heteroatoms. The van der Waals surface area contributed by atoms with Crippen LogP contribution in [0.25, 0.3) is 10.5 Å². The van der Waals surface area contributed by atoms with Gasteiger partial charge in [0.2, 0.25) is 0 Å². The van der Waals surface area contributed by atoms with Gasteiger partial charge >= 0.3 is 12.1 Å². The maximum absolute atomic E-state index is 11.9. The molecule has 2 aromatic heterocycles. The van der Waals surface area contributed by atoms with E-state index in [0.717, 1.165) is 25.7 Å². The molecule has 0 saturated heterocycles. The van der Waals surface area contributed by atoms with E-state index in [1.807, 2.05) is 0 Å². The molecule has 2 aromatic rings. The number of rotatable bonds is 3. The lowest BCUT2D eigenvalue weighted by atomic mass is 9.47. The highest BCUT2D eigenvalue weighted by Gasteiger charge is 2.62. The Morgan fingerprint density at radius 1 is 1.28 bits per heavy atom. The second-order valence-corrected chi connectivity index (χ2v) is 10.7. The van der Waals surface area contributed by atoms with Crippen LogP contribution in [0.15, 0.2) is 6.20 Å². The van der Waals surface area contributed by atoms with Gasteiger partial charge in [-0.1, -0.05) is 11.3 Å². The number of amides is 1. The molecule has 0 aromatic carbocycles. The van der Waals surface area contributed by atoms with Crippen molar-refractivity contribution in [1.82, 2.24) is 15.0 Å². The van der Waals surface area contributed by atoms with E-state index in [0.29, 0.717) is 21.3 Å². The number of carbonyl (C=O) groups excluding carboxylic acids is 2. The molecule has 2 aliphatic carbocycles. The van der Waals surface area contributed by atoms with Gasteiger partial charge in [-0.05, 0) is 51.9 Å². The van der Waals surface area contributed by atoms with Gasteiger partial charge in [-0.3, -0.25) is 10.1 Å². The van der Waals surface area contributed by atoms with Gasteiger partial charge in [0.25, 0.3) is 0 Å². The molecule has 29 heavy (non-hydrogen) atoms. The van der Waals surface area contributed by atoms with E-state index in [1.54, 1.807) is 27.0 Å². The third-order valence-corrected chi connectivity index (χ3v) is 6.71. The quantitative estimate of drug-likeness (QED) is 0.564. The third kappa shape index (κ3) is 3.90. The summed E-state index contributed by atoms with van der Waals surface area (Å²) in [5.41, 5.74) is 0.665. The molecule has 2 heterocycles. The first-order valence-electron chi connectivity index (χ1n) is 9.42. The van der Waals surface area contributed by atoms with E-state index in [-0.39, 0.29) is 17.3 Å². The number of nitrogens with zero attached hydrogens (tertiary/aromatic N) is 3. The molecule has 1 spiro atoms. The molecule has 1 amide bonds. The summed E-state index contributed by atoms with van der Waals surface area (Å²) in [6.45, 7) is 5.38. The maximum Gasteiger partial charge on any atom is 0.413 e. The number of hydrogen-bond acceptors (Lipinski definition) is 8. The fourth-order valence-electron chi connectivity index (χ4n) is 4.31. The Bertz CT molecular complexity index is 972. The number of anilines is 1. The van der Waals surface area contributed by atoms with Crippen molar-refractivity contribution in [2.24, 2.45) is 11.3 Å². The number of thiazole rings is 1. The molecular formula is C19H23ClN4O4S. The topological polar surface area (TPSA) is 103 Å². The van der Waals surface area contributed by atoms with Crippen LogP contribution in [-0.4, -0.2) is 39.7 Å². The fraction of sp³-hybridized carbons (Fsp3) is 0.632. The number of ether oxygens (including phenoxy) is 2. The lowest BCUT2D eigenvalue weighted by molar-refractivity contribution is -0.160. The summed E-state index contributed by atoms with van der Waals surface area (Å²) in [5, 5.41) is 2.99. The van der Waals surface area contributed by atoms with Crippen LogP contribution in [0.5, 0.6) is 0 Å². The second kappa shape index (κ2) is 6.77. The largest absolute Gasteiger partial charge is 0.469 e. The van der Waals surface area contributed by atoms with E-state index in [2.05, 4.69) is 20.3 Å². The highest BCUT2D eigenvalue weighted by atomic mass is 35.5. The second-order valence-electron chi connectivity index (χ2n) is 8.98. The Labute approximate surface area is 177 Å². The van der Waals surface area contributed by atoms with Crippen molar-refractivity contribution in [2.45, 2.75) is 56.9 Å². The van der Waals surface area contributed by atoms with Crippen molar-refractivity contribution in [2.75, 3.05) is 12.4 Å². The Morgan fingerprint density at radius 2 is 1.97 bits per heavy atom. The number of methoxy groups -OCH3 is 1. The van der Waals surface area contributed by atoms with E-state index in [1.165, 1.54) is 18.4 Å². The summed E-state index contributed by atoms with van der Waals surface area (Å²) in [5.74, 6) is -0.156. The van der Waals surface area contributed by atoms with Crippen molar-refractivity contribution in [3.05, 3.63) is 11.9 Å². The van der Waals surface area contributed by atoms with Gasteiger partial charge in [0.1, 0.15) is 5.60 Å². The number of aromatic nitrogens is 3. The number of alkyl halides is 1. The number of halogens is 1. The molecule has 0 radical (unpaired) electrons. The van der Waals surface area contributed by atoms with E-state index >= 15 is 0 Å². The summed E-state index contributed by atoms with van der Waals surface area (Å²) in [6, 6.07) is 0. The summed E-state index contributed by atoms with van der Waals surface area (Å²) < 4.78 is 10.1. The lowest BCUT2D eigenvalue weighted by Crippen LogP contribution is -2.55. The number of nitrogens with one attached hydrogen (secondary N) is 1. The first-order valence-corrected chi connectivity index (χ1v) is 10.6. The lowest BCUT2D eigenvalue weighted by Gasteiger charge is -2.60. The van der Waals surface area contributed by atoms with Crippen molar-refractivity contribution in [3.8, 4) is 0 Å². The van der Waals surface area contributed by atoms with Crippen LogP contribution in [0.4, 0.5) is 9.93 Å². The number of esters is 1. The monoisotopic (exact) mass is 438 g/mol. The predicted octanol–water partition coefficient (Wildman–Crippen LogP) is 4.23. The Kier molecular flexibility index (Phi) is 4.73. The number of carbonyl (C=O) groups is 2. The molecule has 2 saturated carbocycles. The van der Waals surface area contributed by atoms with Crippen molar-refractivity contribution in [3.63, 3.8) is 0 Å². The Balaban J connectivity index is 1.43. The molecule has 4 rings (SSSR count). The van der Waals surface area contributed by atoms with Crippen molar-refractivity contribution >= 4 is 50.6 Å². The summed E-state index contributed by atoms with van der Waals surface area (Å²) >= 11 is 8.06. The van der Waals surface area contributed by atoms with E-state index in [9.17, 15) is 9.59 Å². The Morgan fingerprint density at radius 3 is 2.59 bits per heavy atom. The van der Waals surface area contributed by atoms with Gasteiger partial charge in [0, 0.05) is 0 Å². The van der Waals surface area contributed by atoms with Gasteiger partial charge in [0.15, 0.2) is 15.6 Å². The number of fused-ring (bicyclic) bond motifs is 1. The van der Waals surface area contributed by atoms with Crippen LogP contribution < -0.4 is 5.32 Å². The molecular weight excluding hydrogens is 416 g/mol. The van der Waals surface area contributed by atoms with Crippen LogP contribution in [0.1, 0.15) is 52.1 Å². The normalized spacial score (nSPS) is 28.5. The van der Waals surface area contributed by atoms with Crippen molar-refractivity contribution in [1.29, 1.82) is 0 Å². The highest BCUT2D eigenvalue weighted by molar-refractivity contribution is 7.21. The molecule has 0 aliphatic heterocycles. The van der Waals surface area contributed by atoms with Crippen LogP contribution >= 0.6 is 22.9 Å². The summed E-state index contributed by atoms with van der Waals surface area (Å²) in [4.78, 5) is 36.9. The van der Waals surface area contributed by atoms with Gasteiger partial charge in [-0.2, -0.15) is 4.98 Å². The predicted molar refractivity (Wildman–Crippen MR) is 109 cm³/mol. The minimum atomic E-state index is -0.593. The van der Waals surface area contributed by atoms with Crippen LogP contribution in [-0.2, 0) is 19.1 Å². The fourth-order valence-corrected chi connectivity index (χ4v) is 5.75. The van der Waals surface area contributed by atoms with Crippen molar-refractivity contribution < 1.29 is 19.1 Å². The summed E-state index contributed by atoms with van der Waals surface area (Å²) in [7, 11) is 1.42. The molecule has 2 fully saturated rings. The van der Waals surface area contributed by atoms with Gasteiger partial charge in [0.05, 0.1) is 29.8 Å². The Hall–Kier alpha value is -2.00.